The van der Waals surface area contributed by atoms with Crippen molar-refractivity contribution in [1.82, 2.24) is 9.80 Å². The molecule has 3 nitrogen and oxygen atoms in total. The number of amides is 1. The summed E-state index contributed by atoms with van der Waals surface area (Å²) in [6, 6.07) is 0.0822. The highest BCUT2D eigenvalue weighted by Gasteiger charge is 2.26. The fourth-order valence-corrected chi connectivity index (χ4v) is 1.26. The second kappa shape index (κ2) is 3.22. The largest absolute Gasteiger partial charge is 0.347 e. The summed E-state index contributed by atoms with van der Waals surface area (Å²) in [5.74, 6) is 0.213. The van der Waals surface area contributed by atoms with Gasteiger partial charge in [0.05, 0.1) is 6.04 Å². The highest BCUT2D eigenvalue weighted by Crippen LogP contribution is 2.11. The van der Waals surface area contributed by atoms with E-state index in [1.165, 1.54) is 6.42 Å². The lowest BCUT2D eigenvalue weighted by Crippen LogP contribution is -2.50. The lowest BCUT2D eigenvalue weighted by atomic mass is 10.1. The Labute approximate surface area is 68.0 Å². The van der Waals surface area contributed by atoms with E-state index in [2.05, 4.69) is 4.90 Å². The topological polar surface area (TPSA) is 23.6 Å². The van der Waals surface area contributed by atoms with Gasteiger partial charge in [-0.2, -0.15) is 0 Å². The second-order valence-corrected chi connectivity index (χ2v) is 3.30. The zero-order chi connectivity index (χ0) is 8.43. The Morgan fingerprint density at radius 3 is 2.27 bits per heavy atom. The molecule has 1 aliphatic rings. The molecule has 3 heteroatoms. The Bertz CT molecular complexity index is 152. The first-order chi connectivity index (χ1) is 5.13. The summed E-state index contributed by atoms with van der Waals surface area (Å²) >= 11 is 0. The highest BCUT2D eigenvalue weighted by molar-refractivity contribution is 5.81. The molecule has 1 heterocycles. The van der Waals surface area contributed by atoms with Crippen molar-refractivity contribution in [2.24, 2.45) is 0 Å². The number of carbonyl (C=O) groups is 1. The van der Waals surface area contributed by atoms with E-state index in [0.717, 1.165) is 13.1 Å². The Balaban J connectivity index is 2.39. The molecule has 0 radical (unpaired) electrons. The number of hydrogen-bond donors (Lipinski definition) is 0. The fourth-order valence-electron chi connectivity index (χ4n) is 1.26. The summed E-state index contributed by atoms with van der Waals surface area (Å²) in [7, 11) is 3.61. The molecule has 1 unspecified atom stereocenters. The first-order valence-electron chi connectivity index (χ1n) is 4.08. The number of likely N-dealkylation sites (N-methyl/N-ethyl adjacent to an activating group) is 1. The van der Waals surface area contributed by atoms with E-state index in [1.54, 1.807) is 19.0 Å². The molecule has 64 valence electrons. The van der Waals surface area contributed by atoms with Gasteiger partial charge < -0.3 is 4.90 Å². The summed E-state index contributed by atoms with van der Waals surface area (Å²) < 4.78 is 0. The van der Waals surface area contributed by atoms with Crippen LogP contribution in [0.15, 0.2) is 0 Å². The van der Waals surface area contributed by atoms with Crippen LogP contribution in [0, 0.1) is 0 Å². The lowest BCUT2D eigenvalue weighted by molar-refractivity contribution is -0.135. The Hall–Kier alpha value is -0.570. The Morgan fingerprint density at radius 1 is 1.45 bits per heavy atom. The van der Waals surface area contributed by atoms with Gasteiger partial charge in [0.2, 0.25) is 5.91 Å². The number of carbonyl (C=O) groups excluding carboxylic acids is 1. The van der Waals surface area contributed by atoms with E-state index in [1.807, 2.05) is 6.92 Å². The van der Waals surface area contributed by atoms with Gasteiger partial charge in [-0.3, -0.25) is 9.69 Å². The molecule has 1 atom stereocenters. The van der Waals surface area contributed by atoms with Crippen molar-refractivity contribution in [3.63, 3.8) is 0 Å². The van der Waals surface area contributed by atoms with Crippen molar-refractivity contribution in [2.75, 3.05) is 27.2 Å². The van der Waals surface area contributed by atoms with Crippen LogP contribution in [0.2, 0.25) is 0 Å². The Kier molecular flexibility index (Phi) is 2.49. The minimum Gasteiger partial charge on any atom is -0.347 e. The summed E-state index contributed by atoms with van der Waals surface area (Å²) in [6.07, 6.45) is 1.24. The van der Waals surface area contributed by atoms with Crippen LogP contribution in [0.25, 0.3) is 0 Å². The van der Waals surface area contributed by atoms with Crippen LogP contribution in [0.5, 0.6) is 0 Å². The molecule has 1 amide bonds. The molecule has 0 N–H and O–H groups in total. The van der Waals surface area contributed by atoms with Gasteiger partial charge in [-0.1, -0.05) is 0 Å². The van der Waals surface area contributed by atoms with Crippen LogP contribution in [0.1, 0.15) is 13.3 Å². The van der Waals surface area contributed by atoms with E-state index in [4.69, 9.17) is 0 Å². The van der Waals surface area contributed by atoms with Gasteiger partial charge in [-0.25, -0.2) is 0 Å². The van der Waals surface area contributed by atoms with Crippen LogP contribution >= 0.6 is 0 Å². The summed E-state index contributed by atoms with van der Waals surface area (Å²) in [4.78, 5) is 15.2. The van der Waals surface area contributed by atoms with Crippen molar-refractivity contribution in [1.29, 1.82) is 0 Å². The molecule has 0 aromatic rings. The van der Waals surface area contributed by atoms with Crippen LogP contribution in [0.3, 0.4) is 0 Å². The number of likely N-dealkylation sites (tertiary alicyclic amines) is 1. The molecule has 0 aromatic heterocycles. The highest BCUT2D eigenvalue weighted by atomic mass is 16.2. The van der Waals surface area contributed by atoms with E-state index < -0.39 is 0 Å². The zero-order valence-electron chi connectivity index (χ0n) is 7.50. The summed E-state index contributed by atoms with van der Waals surface area (Å²) in [5, 5.41) is 0. The van der Waals surface area contributed by atoms with E-state index in [0.29, 0.717) is 0 Å². The van der Waals surface area contributed by atoms with E-state index >= 15 is 0 Å². The Morgan fingerprint density at radius 2 is 2.00 bits per heavy atom. The molecule has 0 aliphatic carbocycles. The van der Waals surface area contributed by atoms with Crippen molar-refractivity contribution < 1.29 is 4.79 Å². The molecule has 11 heavy (non-hydrogen) atoms. The fraction of sp³-hybridized carbons (Fsp3) is 0.875. The first kappa shape index (κ1) is 8.53. The lowest BCUT2D eigenvalue weighted by Gasteiger charge is -2.36. The zero-order valence-corrected chi connectivity index (χ0v) is 7.50. The SMILES string of the molecule is CC(C(=O)N(C)C)N1CCC1. The smallest absolute Gasteiger partial charge is 0.239 e. The van der Waals surface area contributed by atoms with Gasteiger partial charge in [-0.15, -0.1) is 0 Å². The third kappa shape index (κ3) is 1.71. The molecule has 1 saturated heterocycles. The molecule has 0 saturated carbocycles. The molecule has 0 aromatic carbocycles. The maximum atomic E-state index is 11.4. The van der Waals surface area contributed by atoms with Crippen molar-refractivity contribution >= 4 is 5.91 Å². The maximum absolute atomic E-state index is 11.4. The average molecular weight is 156 g/mol. The third-order valence-corrected chi connectivity index (χ3v) is 2.24. The normalized spacial score (nSPS) is 20.6. The van der Waals surface area contributed by atoms with Crippen LogP contribution in [0.4, 0.5) is 0 Å². The van der Waals surface area contributed by atoms with Crippen molar-refractivity contribution in [3.8, 4) is 0 Å². The number of nitrogens with zero attached hydrogens (tertiary/aromatic N) is 2. The number of hydrogen-bond acceptors (Lipinski definition) is 2. The molecular formula is C8H16N2O. The summed E-state index contributed by atoms with van der Waals surface area (Å²) in [6.45, 7) is 4.14. The van der Waals surface area contributed by atoms with Crippen LogP contribution < -0.4 is 0 Å². The molecule has 0 bridgehead atoms. The van der Waals surface area contributed by atoms with Gasteiger partial charge in [0.15, 0.2) is 0 Å². The van der Waals surface area contributed by atoms with Gasteiger partial charge in [0, 0.05) is 27.2 Å². The standard InChI is InChI=1S/C8H16N2O/c1-7(8(11)9(2)3)10-5-4-6-10/h7H,4-6H2,1-3H3. The molecule has 0 spiro atoms. The predicted octanol–water partition coefficient (Wildman–Crippen LogP) is 0.169. The van der Waals surface area contributed by atoms with Crippen molar-refractivity contribution in [2.45, 2.75) is 19.4 Å². The predicted molar refractivity (Wildman–Crippen MR) is 44.3 cm³/mol. The monoisotopic (exact) mass is 156 g/mol. The van der Waals surface area contributed by atoms with Crippen LogP contribution in [-0.4, -0.2) is 48.9 Å². The molecule has 1 rings (SSSR count). The van der Waals surface area contributed by atoms with E-state index in [9.17, 15) is 4.79 Å². The summed E-state index contributed by atoms with van der Waals surface area (Å²) in [5.41, 5.74) is 0. The second-order valence-electron chi connectivity index (χ2n) is 3.30. The third-order valence-electron chi connectivity index (χ3n) is 2.24. The average Bonchev–Trinajstić information content (AvgIpc) is 1.82. The van der Waals surface area contributed by atoms with Crippen LogP contribution in [-0.2, 0) is 4.79 Å². The van der Waals surface area contributed by atoms with Gasteiger partial charge in [-0.05, 0) is 13.3 Å². The van der Waals surface area contributed by atoms with Crippen molar-refractivity contribution in [3.05, 3.63) is 0 Å². The number of rotatable bonds is 2. The molecular weight excluding hydrogens is 140 g/mol. The van der Waals surface area contributed by atoms with Gasteiger partial charge >= 0.3 is 0 Å². The first-order valence-corrected chi connectivity index (χ1v) is 4.08. The minimum atomic E-state index is 0.0822. The van der Waals surface area contributed by atoms with Gasteiger partial charge in [0.1, 0.15) is 0 Å². The minimum absolute atomic E-state index is 0.0822. The van der Waals surface area contributed by atoms with E-state index in [-0.39, 0.29) is 11.9 Å². The molecule has 1 aliphatic heterocycles. The van der Waals surface area contributed by atoms with Gasteiger partial charge in [0.25, 0.3) is 0 Å². The molecule has 1 fully saturated rings. The quantitative estimate of drug-likeness (QED) is 0.569. The maximum Gasteiger partial charge on any atom is 0.239 e.